The second-order valence-electron chi connectivity index (χ2n) is 11.3. The van der Waals surface area contributed by atoms with E-state index in [0.717, 1.165) is 66.3 Å². The Morgan fingerprint density at radius 3 is 2.51 bits per heavy atom. The molecule has 3 aromatic heterocycles. The van der Waals surface area contributed by atoms with Gasteiger partial charge in [-0.25, -0.2) is 9.67 Å². The van der Waals surface area contributed by atoms with Crippen molar-refractivity contribution in [3.05, 3.63) is 27.6 Å². The van der Waals surface area contributed by atoms with Gasteiger partial charge in [0, 0.05) is 43.5 Å². The summed E-state index contributed by atoms with van der Waals surface area (Å²) in [4.78, 5) is 34.2. The molecular formula is C28H39ClN8OS. The van der Waals surface area contributed by atoms with Crippen LogP contribution in [0.1, 0.15) is 69.0 Å². The van der Waals surface area contributed by atoms with Crippen molar-refractivity contribution in [3.63, 3.8) is 0 Å². The lowest BCUT2D eigenvalue weighted by Crippen LogP contribution is -2.51. The van der Waals surface area contributed by atoms with Crippen LogP contribution in [0.15, 0.2) is 11.6 Å². The maximum atomic E-state index is 13.4. The Morgan fingerprint density at radius 1 is 1.00 bits per heavy atom. The van der Waals surface area contributed by atoms with Crippen molar-refractivity contribution in [1.82, 2.24) is 34.5 Å². The van der Waals surface area contributed by atoms with Crippen LogP contribution < -0.4 is 4.90 Å². The molecule has 1 aliphatic carbocycles. The van der Waals surface area contributed by atoms with Crippen molar-refractivity contribution >= 4 is 45.7 Å². The number of carbonyl (C=O) groups is 1. The third-order valence-corrected chi connectivity index (χ3v) is 9.79. The summed E-state index contributed by atoms with van der Waals surface area (Å²) < 4.78 is 1.86. The quantitative estimate of drug-likeness (QED) is 0.383. The van der Waals surface area contributed by atoms with Crippen LogP contribution in [-0.4, -0.2) is 85.7 Å². The van der Waals surface area contributed by atoms with E-state index in [9.17, 15) is 4.79 Å². The van der Waals surface area contributed by atoms with Gasteiger partial charge in [-0.1, -0.05) is 13.3 Å². The van der Waals surface area contributed by atoms with E-state index in [1.165, 1.54) is 45.2 Å². The molecule has 2 saturated heterocycles. The van der Waals surface area contributed by atoms with Crippen molar-refractivity contribution < 1.29 is 4.79 Å². The second kappa shape index (κ2) is 12.1. The zero-order chi connectivity index (χ0) is 26.8. The number of nitrogens with zero attached hydrogens (tertiary/aromatic N) is 8. The summed E-state index contributed by atoms with van der Waals surface area (Å²) in [5.41, 5.74) is 1.71. The van der Waals surface area contributed by atoms with E-state index in [0.29, 0.717) is 31.6 Å². The lowest BCUT2D eigenvalue weighted by atomic mass is 9.83. The molecule has 0 N–H and O–H groups in total. The predicted molar refractivity (Wildman–Crippen MR) is 156 cm³/mol. The molecule has 0 atom stereocenters. The molecule has 5 heterocycles. The average molecular weight is 571 g/mol. The Kier molecular flexibility index (Phi) is 8.32. The largest absolute Gasteiger partial charge is 0.352 e. The van der Waals surface area contributed by atoms with Gasteiger partial charge in [-0.2, -0.15) is 15.1 Å². The van der Waals surface area contributed by atoms with Gasteiger partial charge in [0.15, 0.2) is 5.65 Å². The summed E-state index contributed by atoms with van der Waals surface area (Å²) in [6.45, 7) is 8.09. The molecule has 3 aromatic rings. The molecule has 2 aliphatic heterocycles. The molecule has 3 aliphatic rings. The number of anilines is 1. The van der Waals surface area contributed by atoms with E-state index in [4.69, 9.17) is 16.6 Å². The second-order valence-corrected chi connectivity index (χ2v) is 12.5. The zero-order valence-electron chi connectivity index (χ0n) is 22.9. The van der Waals surface area contributed by atoms with E-state index in [1.54, 1.807) is 11.3 Å². The molecule has 9 nitrogen and oxygen atoms in total. The Balaban J connectivity index is 1.07. The summed E-state index contributed by atoms with van der Waals surface area (Å²) in [5, 5.41) is 8.96. The zero-order valence-corrected chi connectivity index (χ0v) is 24.5. The minimum atomic E-state index is 0.180. The summed E-state index contributed by atoms with van der Waals surface area (Å²) in [6.07, 6.45) is 12.3. The van der Waals surface area contributed by atoms with Crippen molar-refractivity contribution in [2.45, 2.75) is 77.3 Å². The van der Waals surface area contributed by atoms with Crippen LogP contribution >= 0.6 is 22.9 Å². The van der Waals surface area contributed by atoms with Gasteiger partial charge < -0.3 is 14.7 Å². The van der Waals surface area contributed by atoms with E-state index < -0.39 is 0 Å². The minimum absolute atomic E-state index is 0.180. The summed E-state index contributed by atoms with van der Waals surface area (Å²) in [5.74, 6) is 1.33. The number of amides is 1. The molecule has 3 fully saturated rings. The Labute approximate surface area is 239 Å². The smallest absolute Gasteiger partial charge is 0.226 e. The first-order chi connectivity index (χ1) is 19.1. The third-order valence-electron chi connectivity index (χ3n) is 8.67. The molecule has 0 spiro atoms. The van der Waals surface area contributed by atoms with Crippen LogP contribution in [-0.2, 0) is 17.8 Å². The van der Waals surface area contributed by atoms with Crippen LogP contribution in [0.5, 0.6) is 0 Å². The maximum absolute atomic E-state index is 13.4. The number of halogens is 1. The Morgan fingerprint density at radius 2 is 1.77 bits per heavy atom. The standard InChI is InChI=1S/C28H39ClN8OS/c1-2-6-24-31-21(19-39-24)18-37-26-23(17-30-37)25(32-28(29)33-26)35-13-15-36(16-14-35)27(38)20-7-9-22(10-8-20)34-11-4-3-5-12-34/h17,19-20,22H,2-16,18H2,1H3/t20-,22-. The number of rotatable bonds is 7. The number of likely N-dealkylation sites (tertiary alicyclic amines) is 1. The normalized spacial score (nSPS) is 23.0. The van der Waals surface area contributed by atoms with Crippen molar-refractivity contribution in [1.29, 1.82) is 0 Å². The first kappa shape index (κ1) is 26.9. The molecular weight excluding hydrogens is 532 g/mol. The number of piperazine rings is 1. The number of aryl methyl sites for hydroxylation is 1. The monoisotopic (exact) mass is 570 g/mol. The van der Waals surface area contributed by atoms with E-state index in [2.05, 4.69) is 42.1 Å². The average Bonchev–Trinajstić information content (AvgIpc) is 3.60. The number of aromatic nitrogens is 5. The highest BCUT2D eigenvalue weighted by Crippen LogP contribution is 2.32. The number of hydrogen-bond donors (Lipinski definition) is 0. The van der Waals surface area contributed by atoms with Crippen LogP contribution in [0.3, 0.4) is 0 Å². The molecule has 1 amide bonds. The van der Waals surface area contributed by atoms with Crippen molar-refractivity contribution in [3.8, 4) is 0 Å². The minimum Gasteiger partial charge on any atom is -0.352 e. The summed E-state index contributed by atoms with van der Waals surface area (Å²) >= 11 is 8.09. The summed E-state index contributed by atoms with van der Waals surface area (Å²) in [6, 6.07) is 0.686. The molecule has 210 valence electrons. The molecule has 0 aromatic carbocycles. The lowest BCUT2D eigenvalue weighted by molar-refractivity contribution is -0.137. The lowest BCUT2D eigenvalue weighted by Gasteiger charge is -2.41. The van der Waals surface area contributed by atoms with E-state index in [-0.39, 0.29) is 11.2 Å². The van der Waals surface area contributed by atoms with Gasteiger partial charge in [-0.05, 0) is 76.1 Å². The van der Waals surface area contributed by atoms with Crippen LogP contribution in [0.25, 0.3) is 11.0 Å². The molecule has 0 radical (unpaired) electrons. The highest BCUT2D eigenvalue weighted by Gasteiger charge is 2.33. The SMILES string of the molecule is CCCc1nc(Cn2ncc3c(N4CCN(C(=O)[C@H]5CC[C@H](N6CCCCC6)CC5)CC4)nc(Cl)nc32)cs1. The predicted octanol–water partition coefficient (Wildman–Crippen LogP) is 4.63. The van der Waals surface area contributed by atoms with Gasteiger partial charge in [0.25, 0.3) is 0 Å². The fourth-order valence-corrected chi connectivity index (χ4v) is 7.59. The third kappa shape index (κ3) is 5.93. The first-order valence-corrected chi connectivity index (χ1v) is 15.9. The maximum Gasteiger partial charge on any atom is 0.226 e. The van der Waals surface area contributed by atoms with Crippen molar-refractivity contribution in [2.24, 2.45) is 5.92 Å². The van der Waals surface area contributed by atoms with E-state index >= 15 is 0 Å². The fourth-order valence-electron chi connectivity index (χ4n) is 6.54. The highest BCUT2D eigenvalue weighted by atomic mass is 35.5. The van der Waals surface area contributed by atoms with Gasteiger partial charge in [0.1, 0.15) is 5.82 Å². The fraction of sp³-hybridized carbons (Fsp3) is 0.679. The Bertz CT molecular complexity index is 1270. The number of thiazole rings is 1. The van der Waals surface area contributed by atoms with Gasteiger partial charge in [0.05, 0.1) is 28.8 Å². The van der Waals surface area contributed by atoms with Gasteiger partial charge in [-0.3, -0.25) is 4.79 Å². The molecule has 11 heteroatoms. The molecule has 39 heavy (non-hydrogen) atoms. The van der Waals surface area contributed by atoms with E-state index in [1.807, 2.05) is 10.9 Å². The number of carbonyl (C=O) groups excluding carboxylic acids is 1. The Hall–Kier alpha value is -2.30. The van der Waals surface area contributed by atoms with Gasteiger partial charge in [0.2, 0.25) is 11.2 Å². The first-order valence-electron chi connectivity index (χ1n) is 14.7. The number of piperidine rings is 1. The number of hydrogen-bond acceptors (Lipinski definition) is 8. The van der Waals surface area contributed by atoms with Gasteiger partial charge >= 0.3 is 0 Å². The highest BCUT2D eigenvalue weighted by molar-refractivity contribution is 7.09. The number of fused-ring (bicyclic) bond motifs is 1. The molecule has 0 bridgehead atoms. The van der Waals surface area contributed by atoms with Gasteiger partial charge in [-0.15, -0.1) is 11.3 Å². The van der Waals surface area contributed by atoms with Crippen LogP contribution in [0, 0.1) is 5.92 Å². The molecule has 0 unspecified atom stereocenters. The van der Waals surface area contributed by atoms with Crippen LogP contribution in [0.2, 0.25) is 5.28 Å². The molecule has 6 rings (SSSR count). The van der Waals surface area contributed by atoms with Crippen LogP contribution in [0.4, 0.5) is 5.82 Å². The topological polar surface area (TPSA) is 83.3 Å². The summed E-state index contributed by atoms with van der Waals surface area (Å²) in [7, 11) is 0. The molecule has 1 saturated carbocycles. The van der Waals surface area contributed by atoms with Crippen molar-refractivity contribution in [2.75, 3.05) is 44.2 Å².